The van der Waals surface area contributed by atoms with Gasteiger partial charge in [0.05, 0.1) is 24.8 Å². The Labute approximate surface area is 773 Å². The predicted molar refractivity (Wildman–Crippen MR) is 478 cm³/mol. The molecule has 0 unspecified atom stereocenters. The number of likely N-dealkylation sites (N-methyl/N-ethyl adjacent to an activating group) is 3. The highest BCUT2D eigenvalue weighted by Gasteiger charge is 2.48. The van der Waals surface area contributed by atoms with Crippen molar-refractivity contribution >= 4 is 123 Å². The maximum atomic E-state index is 15.7. The van der Waals surface area contributed by atoms with E-state index in [0.29, 0.717) is 57.9 Å². The number of phenols is 1. The number of halogens is 3. The number of aromatic amines is 1. The van der Waals surface area contributed by atoms with Gasteiger partial charge in [-0.3, -0.25) is 81.5 Å². The number of nitrogens with zero attached hydrogens (tertiary/aromatic N) is 5. The van der Waals surface area contributed by atoms with Crippen molar-refractivity contribution in [2.75, 3.05) is 72.0 Å². The lowest BCUT2D eigenvalue weighted by Crippen LogP contribution is -2.65. The maximum absolute atomic E-state index is 15.7. The van der Waals surface area contributed by atoms with E-state index in [2.05, 4.69) is 58.2 Å². The molecule has 0 radical (unpaired) electrons. The Bertz CT molecular complexity index is 5220. The Morgan fingerprint density at radius 3 is 1.72 bits per heavy atom. The Kier molecular flexibility index (Phi) is 38.3. The third-order valence-electron chi connectivity index (χ3n) is 23.4. The number of carboxylic acid groups (broad SMARTS) is 2. The molecule has 3 saturated heterocycles. The van der Waals surface area contributed by atoms with E-state index < -0.39 is 290 Å². The zero-order chi connectivity index (χ0) is 97.9. The van der Waals surface area contributed by atoms with Gasteiger partial charge in [0, 0.05) is 122 Å². The monoisotopic (exact) mass is 1890 g/mol. The summed E-state index contributed by atoms with van der Waals surface area (Å²) in [6, 6.07) is 6.66. The predicted octanol–water partition coefficient (Wildman–Crippen LogP) is -1.16. The number of carbonyl (C=O) groups is 17. The number of piperazine rings is 1. The fourth-order valence-electron chi connectivity index (χ4n) is 16.1. The lowest BCUT2D eigenvalue weighted by atomic mass is 9.98. The number of hydrogen-bond acceptors (Lipinski definition) is 22. The van der Waals surface area contributed by atoms with Gasteiger partial charge >= 0.3 is 11.9 Å². The largest absolute Gasteiger partial charge is 0.508 e. The van der Waals surface area contributed by atoms with E-state index in [-0.39, 0.29) is 63.1 Å². The summed E-state index contributed by atoms with van der Waals surface area (Å²) in [5.41, 5.74) is 7.12. The number of fused-ring (bicyclic) bond motifs is 3. The zero-order valence-corrected chi connectivity index (χ0v) is 75.5. The van der Waals surface area contributed by atoms with Crippen molar-refractivity contribution < 1.29 is 120 Å². The number of carboxylic acids is 2. The van der Waals surface area contributed by atoms with Gasteiger partial charge in [0.2, 0.25) is 88.6 Å². The number of aliphatic carboxylic acids is 2. The number of benzene rings is 5. The first-order valence-electron chi connectivity index (χ1n) is 43.7. The van der Waals surface area contributed by atoms with Crippen LogP contribution in [0.25, 0.3) is 10.9 Å². The number of carbonyl (C=O) groups excluding carboxylic acids is 15. The van der Waals surface area contributed by atoms with Crippen LogP contribution in [-0.2, 0) is 114 Å². The minimum Gasteiger partial charge on any atom is -0.508 e. The van der Waals surface area contributed by atoms with Crippen LogP contribution in [0.2, 0.25) is 0 Å². The van der Waals surface area contributed by atoms with Crippen molar-refractivity contribution in [2.24, 2.45) is 11.7 Å². The van der Waals surface area contributed by atoms with Crippen LogP contribution in [-0.4, -0.2) is 312 Å². The van der Waals surface area contributed by atoms with Gasteiger partial charge < -0.3 is 114 Å². The summed E-state index contributed by atoms with van der Waals surface area (Å²) in [7, 11) is 3.54. The highest BCUT2D eigenvalue weighted by molar-refractivity contribution is 8.00. The lowest BCUT2D eigenvalue weighted by molar-refractivity contribution is -0.152. The van der Waals surface area contributed by atoms with E-state index in [4.69, 9.17) is 5.73 Å². The molecule has 0 saturated carbocycles. The molecule has 134 heavy (non-hydrogen) atoms. The molecule has 0 spiro atoms. The van der Waals surface area contributed by atoms with Crippen LogP contribution in [0.15, 0.2) is 128 Å². The SMILES string of the molecule is CCCC[C@H]1C(=O)N2C[C@H](O)C[C@@H]2C(=O)N[C@@H](CC(=O)O)C(=O)N[C@@H](C(C)C)C(=O)N(C)[C@@H](Cc2ccccc2)C(=O)N[C@@H](CCC(=O)O)C(=O)N2CCNC[C@@H]2C(=O)N[C@H](Cc2c[nH]c3ccccc23)C(=O)N[C@@H](Cc2ccc(O)cc2)C(=O)N[C@@H](CCO)C(=O)N[C@H](C(=O)NCC(N)=O)CSCC(=O)N[C@@H](Cc2cc(F)c(F)c(F)c2)C(=O)N(C)[C@@H](Cc2ccccc2)C(=O)N1C. The molecule has 3 fully saturated rings. The average molecular weight is 1890 g/mol. The highest BCUT2D eigenvalue weighted by atomic mass is 32.2. The number of hydrogen-bond donors (Lipinski definition) is 17. The van der Waals surface area contributed by atoms with Crippen molar-refractivity contribution in [3.8, 4) is 5.75 Å². The third kappa shape index (κ3) is 28.7. The number of aromatic hydroxyl groups is 1. The number of nitrogens with two attached hydrogens (primary N) is 1. The fourth-order valence-corrected chi connectivity index (χ4v) is 16.9. The van der Waals surface area contributed by atoms with Crippen molar-refractivity contribution in [1.82, 2.24) is 82.7 Å². The number of thioether (sulfide) groups is 1. The van der Waals surface area contributed by atoms with E-state index in [1.807, 2.05) is 0 Å². The molecule has 0 aliphatic carbocycles. The van der Waals surface area contributed by atoms with Gasteiger partial charge in [-0.1, -0.05) is 125 Å². The molecule has 3 aliphatic rings. The number of aliphatic hydroxyl groups is 2. The Morgan fingerprint density at radius 2 is 1.10 bits per heavy atom. The van der Waals surface area contributed by atoms with Gasteiger partial charge in [0.25, 0.3) is 0 Å². The van der Waals surface area contributed by atoms with Crippen LogP contribution in [0.3, 0.4) is 0 Å². The van der Waals surface area contributed by atoms with Gasteiger partial charge in [0.15, 0.2) is 17.5 Å². The normalized spacial score (nSPS) is 24.1. The molecule has 5 aromatic carbocycles. The second kappa shape index (κ2) is 49.3. The molecule has 15 amide bonds. The van der Waals surface area contributed by atoms with Gasteiger partial charge in [-0.25, -0.2) is 13.2 Å². The topological polar surface area (TPSA) is 570 Å². The van der Waals surface area contributed by atoms with Crippen molar-refractivity contribution in [3.63, 3.8) is 0 Å². The number of rotatable bonds is 24. The van der Waals surface area contributed by atoms with Gasteiger partial charge in [-0.2, -0.15) is 0 Å². The van der Waals surface area contributed by atoms with E-state index in [1.165, 1.54) is 52.2 Å². The highest BCUT2D eigenvalue weighted by Crippen LogP contribution is 2.28. The molecule has 14 atom stereocenters. The molecule has 43 heteroatoms. The minimum atomic E-state index is -2.07. The standard InChI is InChI=1S/C91H114F3N17O22S/c1-7-8-23-68-90(132)111-46-56(114)41-70(111)85(127)104-65(42-76(119)120)83(125)106-78(49(2)3)91(133)108(5)69(38-50-17-11-9-12-18-50)84(126)101-62(28-29-75(117)118)88(130)110-32-31-96-44-72(110)86(128)103-64(40-54-43-97-60-22-16-15-21-57(54)60)82(124)102-63(36-52-24-26-55(113)27-25-52)81(123)100-61(30-33-112)80(122)105-67(79(121)98-45-73(95)115)47-134-48-74(116)99-66(37-53-34-58(92)77(94)59(93)35-53)87(129)109(6)71(89(131)107(68)4)39-51-19-13-10-14-20-51/h9-22,24-27,34-35,43,49,56,61-72,78,96-97,112-114H,7-8,23,28-33,36-42,44-48H2,1-6H3,(H2,95,115)(H,98,121)(H,99,116)(H,100,123)(H,101,126)(H,102,124)(H,103,128)(H,104,127)(H,105,122)(H,106,125)(H,117,118)(H,119,120)/t56-,61+,62+,63+,64-,65+,66+,67+,68+,69+,70-,71+,72-,78+/m1/s1. The average Bonchev–Trinajstić information content (AvgIpc) is 1.57. The van der Waals surface area contributed by atoms with Crippen LogP contribution in [0.1, 0.15) is 100.0 Å². The molecule has 6 aromatic rings. The number of aromatic nitrogens is 1. The summed E-state index contributed by atoms with van der Waals surface area (Å²) < 4.78 is 45.0. The number of nitrogens with one attached hydrogen (secondary N) is 11. The van der Waals surface area contributed by atoms with Crippen LogP contribution < -0.4 is 58.9 Å². The molecule has 4 heterocycles. The van der Waals surface area contributed by atoms with Crippen LogP contribution in [0, 0.1) is 23.4 Å². The molecular weight excluding hydrogens is 1770 g/mol. The fraction of sp³-hybridized carbons (Fsp3) is 0.462. The maximum Gasteiger partial charge on any atom is 0.305 e. The number of primary amides is 1. The number of para-hydroxylation sites is 1. The third-order valence-corrected chi connectivity index (χ3v) is 24.4. The first-order valence-corrected chi connectivity index (χ1v) is 44.9. The van der Waals surface area contributed by atoms with Crippen molar-refractivity contribution in [3.05, 3.63) is 173 Å². The summed E-state index contributed by atoms with van der Waals surface area (Å²) in [5.74, 6) is -27.2. The summed E-state index contributed by atoms with van der Waals surface area (Å²) in [6.45, 7) is 1.87. The second-order valence-electron chi connectivity index (χ2n) is 33.5. The van der Waals surface area contributed by atoms with E-state index >= 15 is 51.9 Å². The molecule has 722 valence electrons. The number of phenolic OH excluding ortho intramolecular Hbond substituents is 1. The number of unbranched alkanes of at least 4 members (excludes halogenated alkanes) is 1. The number of aliphatic hydroxyl groups excluding tert-OH is 2. The molecule has 1 aromatic heterocycles. The minimum absolute atomic E-state index is 0.00634. The molecule has 0 bridgehead atoms. The molecule has 3 aliphatic heterocycles. The van der Waals surface area contributed by atoms with Gasteiger partial charge in [0.1, 0.15) is 84.3 Å². The quantitative estimate of drug-likeness (QED) is 0.0318. The molecular formula is C91H114F3N17O22S. The zero-order valence-electron chi connectivity index (χ0n) is 74.7. The summed E-state index contributed by atoms with van der Waals surface area (Å²) in [5, 5.41) is 79.0. The van der Waals surface area contributed by atoms with E-state index in [9.17, 15) is 68.3 Å². The molecule has 18 N–H and O–H groups in total. The van der Waals surface area contributed by atoms with Crippen molar-refractivity contribution in [2.45, 2.75) is 189 Å². The van der Waals surface area contributed by atoms with E-state index in [0.717, 1.165) is 31.5 Å². The molecule has 9 rings (SSSR count). The van der Waals surface area contributed by atoms with Crippen molar-refractivity contribution in [1.29, 1.82) is 0 Å². The summed E-state index contributed by atoms with van der Waals surface area (Å²) in [4.78, 5) is 257. The van der Waals surface area contributed by atoms with Crippen LogP contribution >= 0.6 is 11.8 Å². The smallest absolute Gasteiger partial charge is 0.305 e. The van der Waals surface area contributed by atoms with E-state index in [1.54, 1.807) is 98.0 Å². The number of H-pyrrole nitrogens is 1. The first-order chi connectivity index (χ1) is 63.7. The molecule has 39 nitrogen and oxygen atoms in total. The lowest BCUT2D eigenvalue weighted by Gasteiger charge is -2.38. The Balaban J connectivity index is 1.14. The Hall–Kier alpha value is -13.6. The van der Waals surface area contributed by atoms with Crippen LogP contribution in [0.4, 0.5) is 13.2 Å². The van der Waals surface area contributed by atoms with Gasteiger partial charge in [-0.15, -0.1) is 11.8 Å². The number of amides is 15. The Morgan fingerprint density at radius 1 is 0.545 bits per heavy atom. The first kappa shape index (κ1) is 104. The van der Waals surface area contributed by atoms with Gasteiger partial charge in [-0.05, 0) is 83.3 Å². The van der Waals surface area contributed by atoms with Crippen LogP contribution in [0.5, 0.6) is 5.75 Å². The summed E-state index contributed by atoms with van der Waals surface area (Å²) >= 11 is 0.600. The summed E-state index contributed by atoms with van der Waals surface area (Å²) in [6.07, 6.45) is -5.46. The second-order valence-corrected chi connectivity index (χ2v) is 34.6.